The summed E-state index contributed by atoms with van der Waals surface area (Å²) in [6.45, 7) is 5.91. The Morgan fingerprint density at radius 1 is 1.19 bits per heavy atom. The summed E-state index contributed by atoms with van der Waals surface area (Å²) in [4.78, 5) is 16.3. The van der Waals surface area contributed by atoms with E-state index in [1.54, 1.807) is 19.1 Å². The first-order chi connectivity index (χ1) is 12.5. The third kappa shape index (κ3) is 4.47. The van der Waals surface area contributed by atoms with Crippen molar-refractivity contribution in [2.24, 2.45) is 0 Å². The summed E-state index contributed by atoms with van der Waals surface area (Å²) in [5.41, 5.74) is 2.77. The topological polar surface area (TPSA) is 77.2 Å². The lowest BCUT2D eigenvalue weighted by Crippen LogP contribution is -2.20. The number of benzene rings is 2. The molecule has 1 aromatic heterocycles. The van der Waals surface area contributed by atoms with Crippen LogP contribution in [0.1, 0.15) is 31.2 Å². The van der Waals surface area contributed by atoms with E-state index >= 15 is 0 Å². The van der Waals surface area contributed by atoms with E-state index in [0.29, 0.717) is 23.4 Å². The molecule has 26 heavy (non-hydrogen) atoms. The Morgan fingerprint density at radius 2 is 1.96 bits per heavy atom. The Morgan fingerprint density at radius 3 is 2.62 bits per heavy atom. The highest BCUT2D eigenvalue weighted by atomic mass is 16.5. The van der Waals surface area contributed by atoms with Gasteiger partial charge in [0.05, 0.1) is 0 Å². The van der Waals surface area contributed by atoms with Gasteiger partial charge in [-0.2, -0.15) is 4.98 Å². The van der Waals surface area contributed by atoms with Crippen LogP contribution in [0, 0.1) is 6.92 Å². The number of aryl methyl sites for hydroxylation is 1. The van der Waals surface area contributed by atoms with Crippen molar-refractivity contribution < 1.29 is 14.1 Å². The maximum Gasteiger partial charge on any atom is 0.262 e. The predicted octanol–water partition coefficient (Wildman–Crippen LogP) is 4.19. The zero-order chi connectivity index (χ0) is 18.5. The molecule has 0 fully saturated rings. The third-order valence-electron chi connectivity index (χ3n) is 3.85. The zero-order valence-corrected chi connectivity index (χ0v) is 15.0. The quantitative estimate of drug-likeness (QED) is 0.721. The summed E-state index contributed by atoms with van der Waals surface area (Å²) in [6, 6.07) is 15.0. The SMILES string of the molecule is Cc1nc(-c2ccc(OCC(=O)Nc3cccc(C(C)C)c3)cc2)no1. The fourth-order valence-electron chi connectivity index (χ4n) is 2.44. The number of ether oxygens (including phenoxy) is 1. The van der Waals surface area contributed by atoms with Crippen molar-refractivity contribution in [3.05, 3.63) is 60.0 Å². The molecule has 2 aromatic carbocycles. The summed E-state index contributed by atoms with van der Waals surface area (Å²) in [5, 5.41) is 6.72. The average molecular weight is 351 g/mol. The summed E-state index contributed by atoms with van der Waals surface area (Å²) in [7, 11) is 0. The lowest BCUT2D eigenvalue weighted by Gasteiger charge is -2.10. The van der Waals surface area contributed by atoms with Crippen LogP contribution in [0.5, 0.6) is 5.75 Å². The van der Waals surface area contributed by atoms with Gasteiger partial charge in [0.15, 0.2) is 6.61 Å². The fourth-order valence-corrected chi connectivity index (χ4v) is 2.44. The van der Waals surface area contributed by atoms with E-state index in [0.717, 1.165) is 11.3 Å². The molecule has 134 valence electrons. The van der Waals surface area contributed by atoms with Crippen molar-refractivity contribution in [3.63, 3.8) is 0 Å². The van der Waals surface area contributed by atoms with Crippen molar-refractivity contribution in [2.75, 3.05) is 11.9 Å². The van der Waals surface area contributed by atoms with Gasteiger partial charge in [0, 0.05) is 18.2 Å². The molecule has 1 N–H and O–H groups in total. The molecule has 0 saturated carbocycles. The van der Waals surface area contributed by atoms with Crippen LogP contribution in [-0.2, 0) is 4.79 Å². The maximum atomic E-state index is 12.1. The molecule has 3 aromatic rings. The highest BCUT2D eigenvalue weighted by Gasteiger charge is 2.08. The van der Waals surface area contributed by atoms with E-state index in [1.165, 1.54) is 5.56 Å². The van der Waals surface area contributed by atoms with Gasteiger partial charge in [-0.25, -0.2) is 0 Å². The van der Waals surface area contributed by atoms with E-state index < -0.39 is 0 Å². The smallest absolute Gasteiger partial charge is 0.262 e. The van der Waals surface area contributed by atoms with Crippen LogP contribution in [0.2, 0.25) is 0 Å². The Kier molecular flexibility index (Phi) is 5.31. The first kappa shape index (κ1) is 17.7. The molecular formula is C20H21N3O3. The van der Waals surface area contributed by atoms with Crippen molar-refractivity contribution in [1.82, 2.24) is 10.1 Å². The molecule has 6 heteroatoms. The van der Waals surface area contributed by atoms with Crippen LogP contribution >= 0.6 is 0 Å². The molecule has 6 nitrogen and oxygen atoms in total. The number of hydrogen-bond donors (Lipinski definition) is 1. The van der Waals surface area contributed by atoms with Gasteiger partial charge in [0.25, 0.3) is 5.91 Å². The second kappa shape index (κ2) is 7.82. The number of anilines is 1. The van der Waals surface area contributed by atoms with Crippen molar-refractivity contribution >= 4 is 11.6 Å². The molecule has 0 spiro atoms. The molecule has 0 bridgehead atoms. The Balaban J connectivity index is 1.55. The molecule has 0 atom stereocenters. The van der Waals surface area contributed by atoms with Gasteiger partial charge in [-0.05, 0) is 47.9 Å². The number of aromatic nitrogens is 2. The predicted molar refractivity (Wildman–Crippen MR) is 99.1 cm³/mol. The first-order valence-electron chi connectivity index (χ1n) is 8.44. The number of nitrogens with zero attached hydrogens (tertiary/aromatic N) is 2. The van der Waals surface area contributed by atoms with E-state index in [-0.39, 0.29) is 12.5 Å². The highest BCUT2D eigenvalue weighted by molar-refractivity contribution is 5.91. The summed E-state index contributed by atoms with van der Waals surface area (Å²) in [5.74, 6) is 1.84. The van der Waals surface area contributed by atoms with Gasteiger partial charge < -0.3 is 14.6 Å². The minimum atomic E-state index is -0.205. The number of hydrogen-bond acceptors (Lipinski definition) is 5. The molecule has 0 unspecified atom stereocenters. The van der Waals surface area contributed by atoms with Crippen molar-refractivity contribution in [3.8, 4) is 17.1 Å². The van der Waals surface area contributed by atoms with Crippen molar-refractivity contribution in [2.45, 2.75) is 26.7 Å². The second-order valence-electron chi connectivity index (χ2n) is 6.28. The van der Waals surface area contributed by atoms with E-state index in [2.05, 4.69) is 29.3 Å². The number of carbonyl (C=O) groups is 1. The van der Waals surface area contributed by atoms with Crippen LogP contribution in [0.4, 0.5) is 5.69 Å². The average Bonchev–Trinajstić information content (AvgIpc) is 3.07. The lowest BCUT2D eigenvalue weighted by atomic mass is 10.0. The summed E-state index contributed by atoms with van der Waals surface area (Å²) in [6.07, 6.45) is 0. The molecule has 1 heterocycles. The van der Waals surface area contributed by atoms with Crippen LogP contribution in [0.15, 0.2) is 53.1 Å². The Bertz CT molecular complexity index is 885. The number of amides is 1. The zero-order valence-electron chi connectivity index (χ0n) is 15.0. The molecule has 1 amide bonds. The van der Waals surface area contributed by atoms with Gasteiger partial charge in [-0.1, -0.05) is 31.1 Å². The minimum absolute atomic E-state index is 0.0629. The van der Waals surface area contributed by atoms with Crippen LogP contribution in [-0.4, -0.2) is 22.7 Å². The van der Waals surface area contributed by atoms with E-state index in [4.69, 9.17) is 9.26 Å². The van der Waals surface area contributed by atoms with Gasteiger partial charge in [-0.3, -0.25) is 4.79 Å². The number of rotatable bonds is 6. The minimum Gasteiger partial charge on any atom is -0.484 e. The van der Waals surface area contributed by atoms with Crippen LogP contribution < -0.4 is 10.1 Å². The van der Waals surface area contributed by atoms with Gasteiger partial charge in [0.1, 0.15) is 5.75 Å². The highest BCUT2D eigenvalue weighted by Crippen LogP contribution is 2.20. The Labute approximate surface area is 152 Å². The molecule has 3 rings (SSSR count). The molecule has 0 aliphatic heterocycles. The van der Waals surface area contributed by atoms with Crippen LogP contribution in [0.3, 0.4) is 0 Å². The van der Waals surface area contributed by atoms with Gasteiger partial charge in [-0.15, -0.1) is 0 Å². The Hall–Kier alpha value is -3.15. The van der Waals surface area contributed by atoms with E-state index in [9.17, 15) is 4.79 Å². The fraction of sp³-hybridized carbons (Fsp3) is 0.250. The van der Waals surface area contributed by atoms with Gasteiger partial charge >= 0.3 is 0 Å². The number of nitrogens with one attached hydrogen (secondary N) is 1. The molecular weight excluding hydrogens is 330 g/mol. The third-order valence-corrected chi connectivity index (χ3v) is 3.85. The van der Waals surface area contributed by atoms with Crippen LogP contribution in [0.25, 0.3) is 11.4 Å². The first-order valence-corrected chi connectivity index (χ1v) is 8.44. The van der Waals surface area contributed by atoms with E-state index in [1.807, 2.05) is 36.4 Å². The van der Waals surface area contributed by atoms with Crippen molar-refractivity contribution in [1.29, 1.82) is 0 Å². The normalized spacial score (nSPS) is 10.8. The molecule has 0 aliphatic rings. The standard InChI is InChI=1S/C20H21N3O3/c1-13(2)16-5-4-6-17(11-16)22-19(24)12-25-18-9-7-15(8-10-18)20-21-14(3)26-23-20/h4-11,13H,12H2,1-3H3,(H,22,24). The monoisotopic (exact) mass is 351 g/mol. The number of carbonyl (C=O) groups excluding carboxylic acids is 1. The molecule has 0 radical (unpaired) electrons. The van der Waals surface area contributed by atoms with Gasteiger partial charge in [0.2, 0.25) is 11.7 Å². The summed E-state index contributed by atoms with van der Waals surface area (Å²) >= 11 is 0. The summed E-state index contributed by atoms with van der Waals surface area (Å²) < 4.78 is 10.5. The lowest BCUT2D eigenvalue weighted by molar-refractivity contribution is -0.118. The maximum absolute atomic E-state index is 12.1. The largest absolute Gasteiger partial charge is 0.484 e. The molecule has 0 saturated heterocycles. The second-order valence-corrected chi connectivity index (χ2v) is 6.28. The molecule has 0 aliphatic carbocycles.